The number of alkyl halides is 3. The van der Waals surface area contributed by atoms with Gasteiger partial charge in [0.05, 0.1) is 26.2 Å². The van der Waals surface area contributed by atoms with Gasteiger partial charge in [-0.05, 0) is 29.3 Å². The fourth-order valence-electron chi connectivity index (χ4n) is 3.14. The predicted octanol–water partition coefficient (Wildman–Crippen LogP) is 4.54. The van der Waals surface area contributed by atoms with Gasteiger partial charge >= 0.3 is 6.18 Å². The largest absolute Gasteiger partial charge is 0.493 e. The number of nitrogens with zero attached hydrogens (tertiary/aromatic N) is 1. The molecule has 0 radical (unpaired) electrons. The lowest BCUT2D eigenvalue weighted by Crippen LogP contribution is -2.31. The lowest BCUT2D eigenvalue weighted by atomic mass is 10.1. The van der Waals surface area contributed by atoms with Gasteiger partial charge in [0.1, 0.15) is 5.37 Å². The number of ether oxygens (including phenoxy) is 2. The highest BCUT2D eigenvalue weighted by Crippen LogP contribution is 2.41. The Bertz CT molecular complexity index is 857. The van der Waals surface area contributed by atoms with Gasteiger partial charge in [0.15, 0.2) is 11.5 Å². The zero-order valence-electron chi connectivity index (χ0n) is 15.5. The van der Waals surface area contributed by atoms with Crippen LogP contribution in [0.4, 0.5) is 13.2 Å². The Kier molecular flexibility index (Phi) is 6.07. The maximum Gasteiger partial charge on any atom is 0.416 e. The first kappa shape index (κ1) is 20.4. The van der Waals surface area contributed by atoms with E-state index in [-0.39, 0.29) is 17.7 Å². The van der Waals surface area contributed by atoms with Crippen LogP contribution in [0.25, 0.3) is 0 Å². The van der Waals surface area contributed by atoms with Crippen molar-refractivity contribution in [1.29, 1.82) is 0 Å². The van der Waals surface area contributed by atoms with E-state index < -0.39 is 11.7 Å². The van der Waals surface area contributed by atoms with Gasteiger partial charge < -0.3 is 14.4 Å². The van der Waals surface area contributed by atoms with Gasteiger partial charge in [-0.3, -0.25) is 4.79 Å². The van der Waals surface area contributed by atoms with E-state index >= 15 is 0 Å². The summed E-state index contributed by atoms with van der Waals surface area (Å²) in [5, 5.41) is -0.210. The average Bonchev–Trinajstić information content (AvgIpc) is 3.17. The second-order valence-corrected chi connectivity index (χ2v) is 7.49. The van der Waals surface area contributed by atoms with Crippen LogP contribution in [0.2, 0.25) is 0 Å². The smallest absolute Gasteiger partial charge is 0.416 e. The third-order valence-electron chi connectivity index (χ3n) is 4.51. The van der Waals surface area contributed by atoms with Crippen molar-refractivity contribution in [2.24, 2.45) is 0 Å². The first-order chi connectivity index (χ1) is 13.3. The van der Waals surface area contributed by atoms with Crippen molar-refractivity contribution in [3.8, 4) is 11.5 Å². The third-order valence-corrected chi connectivity index (χ3v) is 5.77. The molecular weight excluding hydrogens is 391 g/mol. The monoisotopic (exact) mass is 411 g/mol. The molecule has 1 heterocycles. The summed E-state index contributed by atoms with van der Waals surface area (Å²) in [7, 11) is 3.09. The minimum absolute atomic E-state index is 0.0751. The number of carbonyl (C=O) groups excluding carboxylic acids is 1. The van der Waals surface area contributed by atoms with Crippen molar-refractivity contribution in [2.75, 3.05) is 26.5 Å². The van der Waals surface area contributed by atoms with Crippen LogP contribution < -0.4 is 9.47 Å². The molecule has 1 unspecified atom stereocenters. The van der Waals surface area contributed by atoms with E-state index in [1.165, 1.54) is 6.07 Å². The molecule has 0 N–H and O–H groups in total. The predicted molar refractivity (Wildman–Crippen MR) is 102 cm³/mol. The molecule has 1 aliphatic rings. The second-order valence-electron chi connectivity index (χ2n) is 6.30. The highest BCUT2D eigenvalue weighted by atomic mass is 32.2. The molecule has 150 valence electrons. The van der Waals surface area contributed by atoms with Crippen molar-refractivity contribution >= 4 is 17.7 Å². The number of rotatable bonds is 5. The van der Waals surface area contributed by atoms with E-state index in [0.717, 1.165) is 23.4 Å². The minimum Gasteiger partial charge on any atom is -0.493 e. The Labute approximate surface area is 165 Å². The molecule has 28 heavy (non-hydrogen) atoms. The van der Waals surface area contributed by atoms with E-state index in [0.29, 0.717) is 23.6 Å². The van der Waals surface area contributed by atoms with Crippen LogP contribution in [0.15, 0.2) is 42.5 Å². The van der Waals surface area contributed by atoms with Gasteiger partial charge in [0, 0.05) is 12.3 Å². The molecule has 0 bridgehead atoms. The standard InChI is InChI=1S/C20H20F3NO3S/c1-26-16-7-6-14(12-17(16)27-2)19-24(8-9-28-19)18(25)11-13-4-3-5-15(10-13)20(21,22)23/h3-7,10,12,19H,8-9,11H2,1-2H3. The van der Waals surface area contributed by atoms with Crippen molar-refractivity contribution in [3.05, 3.63) is 59.2 Å². The van der Waals surface area contributed by atoms with Crippen LogP contribution in [0.5, 0.6) is 11.5 Å². The summed E-state index contributed by atoms with van der Waals surface area (Å²) in [5.41, 5.74) is 0.491. The molecule has 8 heteroatoms. The second kappa shape index (κ2) is 8.34. The zero-order valence-corrected chi connectivity index (χ0v) is 16.3. The van der Waals surface area contributed by atoms with Gasteiger partial charge in [-0.1, -0.05) is 24.3 Å². The number of benzene rings is 2. The van der Waals surface area contributed by atoms with Gasteiger partial charge in [0.25, 0.3) is 0 Å². The molecule has 0 aromatic heterocycles. The molecule has 3 rings (SSSR count). The van der Waals surface area contributed by atoms with Crippen LogP contribution in [0.3, 0.4) is 0 Å². The first-order valence-electron chi connectivity index (χ1n) is 8.62. The summed E-state index contributed by atoms with van der Waals surface area (Å²) in [6.45, 7) is 0.543. The van der Waals surface area contributed by atoms with Crippen LogP contribution in [0, 0.1) is 0 Å². The Morgan fingerprint density at radius 1 is 1.14 bits per heavy atom. The van der Waals surface area contributed by atoms with Crippen molar-refractivity contribution in [2.45, 2.75) is 18.0 Å². The number of hydrogen-bond acceptors (Lipinski definition) is 4. The first-order valence-corrected chi connectivity index (χ1v) is 9.67. The third kappa shape index (κ3) is 4.38. The van der Waals surface area contributed by atoms with Crippen molar-refractivity contribution < 1.29 is 27.4 Å². The van der Waals surface area contributed by atoms with E-state index in [1.807, 2.05) is 12.1 Å². The van der Waals surface area contributed by atoms with Crippen LogP contribution in [-0.2, 0) is 17.4 Å². The number of thioether (sulfide) groups is 1. The van der Waals surface area contributed by atoms with Crippen molar-refractivity contribution in [1.82, 2.24) is 4.90 Å². The summed E-state index contributed by atoms with van der Waals surface area (Å²) in [6.07, 6.45) is -4.50. The molecule has 4 nitrogen and oxygen atoms in total. The number of hydrogen-bond donors (Lipinski definition) is 0. The highest BCUT2D eigenvalue weighted by molar-refractivity contribution is 7.99. The van der Waals surface area contributed by atoms with E-state index in [2.05, 4.69) is 0 Å². The molecule has 2 aromatic rings. The number of amides is 1. The number of methoxy groups -OCH3 is 2. The molecule has 1 fully saturated rings. The Hall–Kier alpha value is -2.35. The van der Waals surface area contributed by atoms with E-state index in [4.69, 9.17) is 9.47 Å². The fraction of sp³-hybridized carbons (Fsp3) is 0.350. The van der Waals surface area contributed by atoms with Crippen LogP contribution in [-0.4, -0.2) is 37.3 Å². The lowest BCUT2D eigenvalue weighted by Gasteiger charge is -2.25. The zero-order chi connectivity index (χ0) is 20.3. The summed E-state index contributed by atoms with van der Waals surface area (Å²) in [6, 6.07) is 10.4. The van der Waals surface area contributed by atoms with Crippen LogP contribution >= 0.6 is 11.8 Å². The molecule has 1 amide bonds. The Morgan fingerprint density at radius 2 is 1.89 bits per heavy atom. The number of carbonyl (C=O) groups is 1. The summed E-state index contributed by atoms with van der Waals surface area (Å²) in [4.78, 5) is 14.5. The van der Waals surface area contributed by atoms with E-state index in [9.17, 15) is 18.0 Å². The lowest BCUT2D eigenvalue weighted by molar-refractivity contribution is -0.138. The summed E-state index contributed by atoms with van der Waals surface area (Å²) >= 11 is 1.61. The maximum atomic E-state index is 12.9. The maximum absolute atomic E-state index is 12.9. The molecule has 1 atom stereocenters. The number of halogens is 3. The van der Waals surface area contributed by atoms with Gasteiger partial charge in [0.2, 0.25) is 5.91 Å². The van der Waals surface area contributed by atoms with Crippen LogP contribution in [0.1, 0.15) is 22.1 Å². The Balaban J connectivity index is 1.79. The molecule has 0 aliphatic carbocycles. The molecule has 1 aliphatic heterocycles. The fourth-order valence-corrected chi connectivity index (χ4v) is 4.41. The van der Waals surface area contributed by atoms with Gasteiger partial charge in [-0.25, -0.2) is 0 Å². The Morgan fingerprint density at radius 3 is 2.57 bits per heavy atom. The van der Waals surface area contributed by atoms with Crippen molar-refractivity contribution in [3.63, 3.8) is 0 Å². The molecule has 0 saturated carbocycles. The molecular formula is C20H20F3NO3S. The highest BCUT2D eigenvalue weighted by Gasteiger charge is 2.33. The summed E-state index contributed by atoms with van der Waals surface area (Å²) in [5.74, 6) is 1.71. The summed E-state index contributed by atoms with van der Waals surface area (Å²) < 4.78 is 49.3. The van der Waals surface area contributed by atoms with Gasteiger partial charge in [-0.15, -0.1) is 11.8 Å². The molecule has 1 saturated heterocycles. The SMILES string of the molecule is COc1ccc(C2SCCN2C(=O)Cc2cccc(C(F)(F)F)c2)cc1OC. The minimum atomic E-state index is -4.43. The quantitative estimate of drug-likeness (QED) is 0.724. The van der Waals surface area contributed by atoms with E-state index in [1.54, 1.807) is 43.0 Å². The topological polar surface area (TPSA) is 38.8 Å². The van der Waals surface area contributed by atoms with Gasteiger partial charge in [-0.2, -0.15) is 13.2 Å². The molecule has 2 aromatic carbocycles. The molecule has 0 spiro atoms. The normalized spacial score (nSPS) is 16.9. The average molecular weight is 411 g/mol.